The molecule has 5 rings (SSSR count). The van der Waals surface area contributed by atoms with E-state index in [1.54, 1.807) is 12.3 Å². The summed E-state index contributed by atoms with van der Waals surface area (Å²) in [6.07, 6.45) is 11.9. The van der Waals surface area contributed by atoms with Gasteiger partial charge in [0.1, 0.15) is 5.82 Å². The zero-order chi connectivity index (χ0) is 20.7. The summed E-state index contributed by atoms with van der Waals surface area (Å²) in [6, 6.07) is 10.4. The third-order valence-electron chi connectivity index (χ3n) is 7.17. The number of hydrogen-bond donors (Lipinski definition) is 1. The van der Waals surface area contributed by atoms with Crippen molar-refractivity contribution in [2.24, 2.45) is 23.7 Å². The van der Waals surface area contributed by atoms with Gasteiger partial charge in [-0.25, -0.2) is 17.5 Å². The monoisotopic (exact) mass is 426 g/mol. The summed E-state index contributed by atoms with van der Waals surface area (Å²) in [5, 5.41) is 0. The molecule has 2 saturated carbocycles. The molecule has 5 unspecified atom stereocenters. The van der Waals surface area contributed by atoms with Gasteiger partial charge < -0.3 is 0 Å². The van der Waals surface area contributed by atoms with Gasteiger partial charge in [-0.05, 0) is 66.4 Å². The molecule has 3 aliphatic rings. The second kappa shape index (κ2) is 7.89. The van der Waals surface area contributed by atoms with Gasteiger partial charge in [-0.15, -0.1) is 0 Å². The topological polar surface area (TPSA) is 59.1 Å². The Labute approximate surface area is 177 Å². The minimum absolute atomic E-state index is 0.0113. The summed E-state index contributed by atoms with van der Waals surface area (Å²) in [7, 11) is -3.16. The molecule has 4 nitrogen and oxygen atoms in total. The summed E-state index contributed by atoms with van der Waals surface area (Å²) in [5.41, 5.74) is 2.52. The number of halogens is 1. The van der Waals surface area contributed by atoms with Crippen LogP contribution in [0, 0.1) is 29.5 Å². The van der Waals surface area contributed by atoms with Gasteiger partial charge in [-0.2, -0.15) is 0 Å². The summed E-state index contributed by atoms with van der Waals surface area (Å²) < 4.78 is 40.9. The Morgan fingerprint density at radius 1 is 1.07 bits per heavy atom. The van der Waals surface area contributed by atoms with Crippen molar-refractivity contribution in [1.82, 2.24) is 9.71 Å². The van der Waals surface area contributed by atoms with Crippen LogP contribution < -0.4 is 4.72 Å². The first-order chi connectivity index (χ1) is 14.5. The molecular weight excluding hydrogens is 399 g/mol. The minimum atomic E-state index is -3.16. The zero-order valence-electron chi connectivity index (χ0n) is 16.9. The van der Waals surface area contributed by atoms with E-state index in [-0.39, 0.29) is 29.4 Å². The Morgan fingerprint density at radius 3 is 2.73 bits per heavy atom. The van der Waals surface area contributed by atoms with Crippen LogP contribution in [0.2, 0.25) is 0 Å². The van der Waals surface area contributed by atoms with Crippen molar-refractivity contribution < 1.29 is 12.8 Å². The molecule has 5 atom stereocenters. The van der Waals surface area contributed by atoms with Crippen molar-refractivity contribution in [3.05, 3.63) is 60.2 Å². The highest BCUT2D eigenvalue weighted by Gasteiger charge is 2.49. The fourth-order valence-corrected chi connectivity index (χ4v) is 7.62. The van der Waals surface area contributed by atoms with Crippen LogP contribution >= 0.6 is 0 Å². The van der Waals surface area contributed by atoms with Crippen LogP contribution in [-0.2, 0) is 10.0 Å². The van der Waals surface area contributed by atoms with Crippen LogP contribution in [-0.4, -0.2) is 25.2 Å². The lowest BCUT2D eigenvalue weighted by Crippen LogP contribution is -2.47. The average molecular weight is 427 g/mol. The van der Waals surface area contributed by atoms with Crippen molar-refractivity contribution in [2.75, 3.05) is 5.75 Å². The summed E-state index contributed by atoms with van der Waals surface area (Å²) in [4.78, 5) is 4.54. The molecule has 0 radical (unpaired) electrons. The van der Waals surface area contributed by atoms with Crippen LogP contribution in [0.25, 0.3) is 17.2 Å². The maximum absolute atomic E-state index is 13.5. The number of rotatable bonds is 3. The van der Waals surface area contributed by atoms with E-state index in [2.05, 4.69) is 15.8 Å². The highest BCUT2D eigenvalue weighted by molar-refractivity contribution is 7.89. The fourth-order valence-electron chi connectivity index (χ4n) is 5.85. The number of aromatic nitrogens is 1. The second-order valence-electron chi connectivity index (χ2n) is 9.05. The van der Waals surface area contributed by atoms with E-state index in [1.807, 2.05) is 24.3 Å². The molecule has 1 saturated heterocycles. The van der Waals surface area contributed by atoms with E-state index in [0.717, 1.165) is 23.2 Å². The van der Waals surface area contributed by atoms with Gasteiger partial charge in [-0.1, -0.05) is 43.5 Å². The van der Waals surface area contributed by atoms with Crippen molar-refractivity contribution in [2.45, 2.75) is 38.1 Å². The summed E-state index contributed by atoms with van der Waals surface area (Å²) in [6.45, 7) is 0. The summed E-state index contributed by atoms with van der Waals surface area (Å²) in [5.74, 6) is 1.62. The molecule has 2 heterocycles. The quantitative estimate of drug-likeness (QED) is 0.778. The second-order valence-corrected chi connectivity index (χ2v) is 10.8. The molecule has 0 bridgehead atoms. The molecule has 158 valence electrons. The van der Waals surface area contributed by atoms with Crippen LogP contribution in [0.3, 0.4) is 0 Å². The molecule has 30 heavy (non-hydrogen) atoms. The normalized spacial score (nSPS) is 32.6. The van der Waals surface area contributed by atoms with E-state index in [4.69, 9.17) is 0 Å². The lowest BCUT2D eigenvalue weighted by atomic mass is 9.61. The van der Waals surface area contributed by atoms with E-state index in [0.29, 0.717) is 11.8 Å². The number of nitrogens with zero attached hydrogens (tertiary/aromatic N) is 1. The smallest absolute Gasteiger partial charge is 0.212 e. The average Bonchev–Trinajstić information content (AvgIpc) is 3.05. The molecule has 1 aliphatic heterocycles. The van der Waals surface area contributed by atoms with Gasteiger partial charge >= 0.3 is 0 Å². The molecule has 1 N–H and O–H groups in total. The first-order valence-electron chi connectivity index (χ1n) is 10.9. The van der Waals surface area contributed by atoms with E-state index >= 15 is 0 Å². The first kappa shape index (κ1) is 19.9. The van der Waals surface area contributed by atoms with Gasteiger partial charge in [0.05, 0.1) is 11.4 Å². The van der Waals surface area contributed by atoms with Crippen LogP contribution in [0.1, 0.15) is 37.8 Å². The Balaban J connectivity index is 1.38. The van der Waals surface area contributed by atoms with Gasteiger partial charge in [0.15, 0.2) is 0 Å². The van der Waals surface area contributed by atoms with Gasteiger partial charge in [0.2, 0.25) is 10.0 Å². The largest absolute Gasteiger partial charge is 0.256 e. The molecule has 6 heteroatoms. The van der Waals surface area contributed by atoms with E-state index < -0.39 is 10.0 Å². The third-order valence-corrected chi connectivity index (χ3v) is 8.67. The van der Waals surface area contributed by atoms with E-state index in [1.165, 1.54) is 37.8 Å². The molecule has 2 aromatic rings. The summed E-state index contributed by atoms with van der Waals surface area (Å²) >= 11 is 0. The molecule has 1 aromatic heterocycles. The maximum atomic E-state index is 13.5. The predicted molar refractivity (Wildman–Crippen MR) is 116 cm³/mol. The first-order valence-corrected chi connectivity index (χ1v) is 12.5. The predicted octanol–water partition coefficient (Wildman–Crippen LogP) is 4.65. The third kappa shape index (κ3) is 3.95. The molecule has 2 aliphatic carbocycles. The Kier molecular flexibility index (Phi) is 5.23. The Morgan fingerprint density at radius 2 is 1.93 bits per heavy atom. The number of fused-ring (bicyclic) bond motifs is 2. The molecule has 0 spiro atoms. The number of sulfonamides is 1. The number of benzene rings is 1. The van der Waals surface area contributed by atoms with Crippen molar-refractivity contribution in [3.63, 3.8) is 0 Å². The SMILES string of the molecule is O=S1(=O)CC2CC3CCCCC3C(/C=C/c3ccc(-c4cccc(F)c4)cn3)C2N1. The zero-order valence-corrected chi connectivity index (χ0v) is 17.7. The van der Waals surface area contributed by atoms with Crippen LogP contribution in [0.4, 0.5) is 4.39 Å². The van der Waals surface area contributed by atoms with Crippen LogP contribution in [0.5, 0.6) is 0 Å². The standard InChI is InChI=1S/C24H27FN2O2S/c25-20-6-3-5-16(13-20)18-8-9-21(26-14-18)10-11-23-22-7-2-1-4-17(22)12-19-15-30(28,29)27-24(19)23/h3,5-6,8-11,13-14,17,19,22-24,27H,1-2,4,7,12,15H2/b11-10+. The van der Waals surface area contributed by atoms with Crippen molar-refractivity contribution in [1.29, 1.82) is 0 Å². The van der Waals surface area contributed by atoms with Gasteiger partial charge in [0.25, 0.3) is 0 Å². The Bertz CT molecular complexity index is 1050. The van der Waals surface area contributed by atoms with Crippen molar-refractivity contribution in [3.8, 4) is 11.1 Å². The van der Waals surface area contributed by atoms with Gasteiger partial charge in [-0.3, -0.25) is 4.98 Å². The molecule has 0 amide bonds. The fraction of sp³-hybridized carbons (Fsp3) is 0.458. The number of hydrogen-bond acceptors (Lipinski definition) is 3. The van der Waals surface area contributed by atoms with E-state index in [9.17, 15) is 12.8 Å². The lowest BCUT2D eigenvalue weighted by molar-refractivity contribution is 0.0797. The highest BCUT2D eigenvalue weighted by Crippen LogP contribution is 2.48. The molecule has 1 aromatic carbocycles. The van der Waals surface area contributed by atoms with Crippen LogP contribution in [0.15, 0.2) is 48.7 Å². The minimum Gasteiger partial charge on any atom is -0.256 e. The van der Waals surface area contributed by atoms with Gasteiger partial charge in [0, 0.05) is 17.8 Å². The van der Waals surface area contributed by atoms with Crippen molar-refractivity contribution >= 4 is 16.1 Å². The highest BCUT2D eigenvalue weighted by atomic mass is 32.2. The molecule has 3 fully saturated rings. The number of nitrogens with one attached hydrogen (secondary N) is 1. The number of pyridine rings is 1. The lowest BCUT2D eigenvalue weighted by Gasteiger charge is -2.45. The maximum Gasteiger partial charge on any atom is 0.212 e. The molecular formula is C24H27FN2O2S. The Hall–Kier alpha value is -2.05.